The lowest BCUT2D eigenvalue weighted by Gasteiger charge is -2.05. The highest BCUT2D eigenvalue weighted by molar-refractivity contribution is 5.58. The summed E-state index contributed by atoms with van der Waals surface area (Å²) in [6.45, 7) is 8.33. The molecule has 0 aliphatic rings. The van der Waals surface area contributed by atoms with Crippen LogP contribution in [-0.2, 0) is 13.5 Å². The summed E-state index contributed by atoms with van der Waals surface area (Å²) in [4.78, 5) is 4.32. The van der Waals surface area contributed by atoms with Crippen molar-refractivity contribution in [1.29, 1.82) is 0 Å². The Bertz CT molecular complexity index is 527. The molecule has 0 spiro atoms. The summed E-state index contributed by atoms with van der Waals surface area (Å²) in [5, 5.41) is 7.59. The molecular formula is C14H22N4O. The summed E-state index contributed by atoms with van der Waals surface area (Å²) >= 11 is 0. The number of aryl methyl sites for hydroxylation is 1. The first-order valence-corrected chi connectivity index (χ1v) is 6.72. The first-order valence-electron chi connectivity index (χ1n) is 6.72. The van der Waals surface area contributed by atoms with Crippen LogP contribution in [0.1, 0.15) is 25.4 Å². The molecule has 0 aliphatic carbocycles. The lowest BCUT2D eigenvalue weighted by molar-refractivity contribution is 0.482. The van der Waals surface area contributed by atoms with Crippen LogP contribution in [0.4, 0.5) is 0 Å². The Kier molecular flexibility index (Phi) is 4.37. The highest BCUT2D eigenvalue weighted by atomic mass is 16.4. The van der Waals surface area contributed by atoms with Crippen molar-refractivity contribution in [3.8, 4) is 11.3 Å². The van der Waals surface area contributed by atoms with Crippen molar-refractivity contribution in [3.63, 3.8) is 0 Å². The van der Waals surface area contributed by atoms with E-state index in [9.17, 15) is 0 Å². The van der Waals surface area contributed by atoms with Crippen LogP contribution in [0, 0.1) is 12.8 Å². The van der Waals surface area contributed by atoms with Crippen molar-refractivity contribution < 1.29 is 4.42 Å². The summed E-state index contributed by atoms with van der Waals surface area (Å²) in [6, 6.07) is 0. The summed E-state index contributed by atoms with van der Waals surface area (Å²) in [7, 11) is 1.92. The van der Waals surface area contributed by atoms with E-state index in [1.807, 2.05) is 24.9 Å². The first kappa shape index (κ1) is 13.8. The van der Waals surface area contributed by atoms with Crippen molar-refractivity contribution in [2.75, 3.05) is 13.1 Å². The second-order valence-electron chi connectivity index (χ2n) is 5.23. The lowest BCUT2D eigenvalue weighted by Crippen LogP contribution is -2.22. The molecule has 0 bridgehead atoms. The number of nitrogens with one attached hydrogen (secondary N) is 1. The molecule has 2 heterocycles. The van der Waals surface area contributed by atoms with Gasteiger partial charge in [-0.1, -0.05) is 13.8 Å². The Morgan fingerprint density at radius 3 is 2.79 bits per heavy atom. The topological polar surface area (TPSA) is 55.9 Å². The second kappa shape index (κ2) is 6.02. The van der Waals surface area contributed by atoms with E-state index in [2.05, 4.69) is 29.2 Å². The van der Waals surface area contributed by atoms with Crippen molar-refractivity contribution in [1.82, 2.24) is 20.1 Å². The summed E-state index contributed by atoms with van der Waals surface area (Å²) in [5.74, 6) is 2.23. The third-order valence-corrected chi connectivity index (χ3v) is 3.12. The molecule has 0 aromatic carbocycles. The molecule has 2 aromatic heterocycles. The standard InChI is InChI=1S/C14H22N4O/c1-10(2)7-15-6-5-14-16-9-13(19-14)12-8-17-18(4)11(12)3/h8-10,15H,5-7H2,1-4H3. The van der Waals surface area contributed by atoms with Crippen LogP contribution in [-0.4, -0.2) is 27.9 Å². The predicted octanol–water partition coefficient (Wildman–Crippen LogP) is 2.17. The van der Waals surface area contributed by atoms with E-state index in [1.54, 1.807) is 6.20 Å². The number of oxazole rings is 1. The largest absolute Gasteiger partial charge is 0.441 e. The van der Waals surface area contributed by atoms with Crippen LogP contribution in [0.15, 0.2) is 16.8 Å². The van der Waals surface area contributed by atoms with Gasteiger partial charge in [-0.3, -0.25) is 4.68 Å². The fraction of sp³-hybridized carbons (Fsp3) is 0.571. The van der Waals surface area contributed by atoms with Crippen LogP contribution in [0.25, 0.3) is 11.3 Å². The molecule has 104 valence electrons. The third kappa shape index (κ3) is 3.44. The zero-order valence-electron chi connectivity index (χ0n) is 12.1. The van der Waals surface area contributed by atoms with E-state index in [-0.39, 0.29) is 0 Å². The molecule has 1 N–H and O–H groups in total. The molecule has 0 unspecified atom stereocenters. The number of rotatable bonds is 6. The molecule has 5 heteroatoms. The Balaban J connectivity index is 1.94. The number of hydrogen-bond acceptors (Lipinski definition) is 4. The quantitative estimate of drug-likeness (QED) is 0.811. The van der Waals surface area contributed by atoms with Crippen LogP contribution >= 0.6 is 0 Å². The van der Waals surface area contributed by atoms with Gasteiger partial charge in [0.15, 0.2) is 11.7 Å². The van der Waals surface area contributed by atoms with E-state index in [0.29, 0.717) is 5.92 Å². The minimum atomic E-state index is 0.665. The monoisotopic (exact) mass is 262 g/mol. The van der Waals surface area contributed by atoms with Crippen molar-refractivity contribution in [3.05, 3.63) is 24.0 Å². The minimum absolute atomic E-state index is 0.665. The maximum absolute atomic E-state index is 5.77. The zero-order valence-corrected chi connectivity index (χ0v) is 12.1. The minimum Gasteiger partial charge on any atom is -0.441 e. The van der Waals surface area contributed by atoms with Gasteiger partial charge in [-0.25, -0.2) is 4.98 Å². The summed E-state index contributed by atoms with van der Waals surface area (Å²) in [6.07, 6.45) is 4.41. The van der Waals surface area contributed by atoms with Gasteiger partial charge in [0.25, 0.3) is 0 Å². The average molecular weight is 262 g/mol. The van der Waals surface area contributed by atoms with Gasteiger partial charge in [-0.15, -0.1) is 0 Å². The highest BCUT2D eigenvalue weighted by Crippen LogP contribution is 2.23. The second-order valence-corrected chi connectivity index (χ2v) is 5.23. The van der Waals surface area contributed by atoms with Gasteiger partial charge in [0.05, 0.1) is 18.0 Å². The zero-order chi connectivity index (χ0) is 13.8. The van der Waals surface area contributed by atoms with Crippen LogP contribution < -0.4 is 5.32 Å². The van der Waals surface area contributed by atoms with E-state index < -0.39 is 0 Å². The summed E-state index contributed by atoms with van der Waals surface area (Å²) in [5.41, 5.74) is 2.09. The van der Waals surface area contributed by atoms with Crippen molar-refractivity contribution in [2.45, 2.75) is 27.2 Å². The summed E-state index contributed by atoms with van der Waals surface area (Å²) < 4.78 is 7.60. The normalized spacial score (nSPS) is 11.4. The number of nitrogens with zero attached hydrogens (tertiary/aromatic N) is 3. The van der Waals surface area contributed by atoms with Gasteiger partial charge in [0, 0.05) is 25.7 Å². The molecule has 0 amide bonds. The van der Waals surface area contributed by atoms with Gasteiger partial charge in [0.2, 0.25) is 0 Å². The van der Waals surface area contributed by atoms with E-state index in [4.69, 9.17) is 4.42 Å². The van der Waals surface area contributed by atoms with Crippen molar-refractivity contribution >= 4 is 0 Å². The number of hydrogen-bond donors (Lipinski definition) is 1. The Hall–Kier alpha value is -1.62. The molecule has 0 fully saturated rings. The Morgan fingerprint density at radius 2 is 2.16 bits per heavy atom. The SMILES string of the molecule is Cc1c(-c2cnc(CCNCC(C)C)o2)cnn1C. The Morgan fingerprint density at radius 1 is 1.37 bits per heavy atom. The highest BCUT2D eigenvalue weighted by Gasteiger charge is 2.11. The van der Waals surface area contributed by atoms with Crippen LogP contribution in [0.5, 0.6) is 0 Å². The van der Waals surface area contributed by atoms with Crippen molar-refractivity contribution in [2.24, 2.45) is 13.0 Å². The molecule has 5 nitrogen and oxygen atoms in total. The molecule has 0 saturated carbocycles. The predicted molar refractivity (Wildman–Crippen MR) is 74.9 cm³/mol. The maximum atomic E-state index is 5.77. The average Bonchev–Trinajstić information content (AvgIpc) is 2.94. The van der Waals surface area contributed by atoms with Gasteiger partial charge in [-0.05, 0) is 19.4 Å². The molecule has 0 atom stereocenters. The number of aromatic nitrogens is 3. The lowest BCUT2D eigenvalue weighted by atomic mass is 10.2. The fourth-order valence-electron chi connectivity index (χ4n) is 1.88. The van der Waals surface area contributed by atoms with E-state index in [1.165, 1.54) is 0 Å². The first-order chi connectivity index (χ1) is 9.08. The maximum Gasteiger partial charge on any atom is 0.196 e. The molecule has 0 radical (unpaired) electrons. The van der Waals surface area contributed by atoms with Gasteiger partial charge < -0.3 is 9.73 Å². The van der Waals surface area contributed by atoms with E-state index in [0.717, 1.165) is 42.4 Å². The van der Waals surface area contributed by atoms with Crippen LogP contribution in [0.2, 0.25) is 0 Å². The molecule has 0 aliphatic heterocycles. The van der Waals surface area contributed by atoms with Crippen LogP contribution in [0.3, 0.4) is 0 Å². The van der Waals surface area contributed by atoms with Gasteiger partial charge in [0.1, 0.15) is 0 Å². The fourth-order valence-corrected chi connectivity index (χ4v) is 1.88. The smallest absolute Gasteiger partial charge is 0.196 e. The van der Waals surface area contributed by atoms with E-state index >= 15 is 0 Å². The Labute approximate surface area is 114 Å². The molecule has 2 aromatic rings. The molecule has 0 saturated heterocycles. The molecule has 2 rings (SSSR count). The van der Waals surface area contributed by atoms with Gasteiger partial charge in [-0.2, -0.15) is 5.10 Å². The van der Waals surface area contributed by atoms with Gasteiger partial charge >= 0.3 is 0 Å². The molecule has 19 heavy (non-hydrogen) atoms. The molecular weight excluding hydrogens is 240 g/mol. The third-order valence-electron chi connectivity index (χ3n) is 3.12.